The highest BCUT2D eigenvalue weighted by Crippen LogP contribution is 2.18. The summed E-state index contributed by atoms with van der Waals surface area (Å²) in [5.41, 5.74) is 2.84. The molecule has 1 aromatic carbocycles. The second kappa shape index (κ2) is 6.96. The third-order valence-electron chi connectivity index (χ3n) is 4.44. The van der Waals surface area contributed by atoms with E-state index in [4.69, 9.17) is 0 Å². The van der Waals surface area contributed by atoms with E-state index in [0.717, 1.165) is 12.1 Å². The lowest BCUT2D eigenvalue weighted by atomic mass is 10.1. The summed E-state index contributed by atoms with van der Waals surface area (Å²) in [6.07, 6.45) is 3.50. The molecule has 1 aliphatic rings. The second-order valence-electron chi connectivity index (χ2n) is 6.03. The highest BCUT2D eigenvalue weighted by atomic mass is 16.3. The van der Waals surface area contributed by atoms with Gasteiger partial charge >= 0.3 is 0 Å². The van der Waals surface area contributed by atoms with Crippen molar-refractivity contribution in [1.82, 2.24) is 14.7 Å². The number of nitrogens with zero attached hydrogens (tertiary/aromatic N) is 3. The van der Waals surface area contributed by atoms with Crippen molar-refractivity contribution in [3.05, 3.63) is 53.3 Å². The summed E-state index contributed by atoms with van der Waals surface area (Å²) in [5.74, 6) is 0.0352. The Balaban J connectivity index is 1.79. The number of benzene rings is 1. The summed E-state index contributed by atoms with van der Waals surface area (Å²) in [5, 5.41) is 14.0. The molecular formula is C18H23N3O2. The first-order valence-electron chi connectivity index (χ1n) is 8.25. The van der Waals surface area contributed by atoms with Crippen molar-refractivity contribution in [3.8, 4) is 0 Å². The molecule has 0 saturated carbocycles. The topological polar surface area (TPSA) is 58.4 Å². The fourth-order valence-corrected chi connectivity index (χ4v) is 3.09. The van der Waals surface area contributed by atoms with Crippen LogP contribution in [0.15, 0.2) is 36.5 Å². The molecule has 0 aliphatic carbocycles. The van der Waals surface area contributed by atoms with E-state index in [1.54, 1.807) is 6.20 Å². The van der Waals surface area contributed by atoms with Crippen LogP contribution in [0.3, 0.4) is 0 Å². The summed E-state index contributed by atoms with van der Waals surface area (Å²) in [6.45, 7) is 3.96. The molecule has 2 aromatic rings. The quantitative estimate of drug-likeness (QED) is 0.940. The van der Waals surface area contributed by atoms with Crippen molar-refractivity contribution in [2.24, 2.45) is 0 Å². The van der Waals surface area contributed by atoms with Gasteiger partial charge in [-0.2, -0.15) is 5.10 Å². The fourth-order valence-electron chi connectivity index (χ4n) is 3.09. The molecule has 5 nitrogen and oxygen atoms in total. The van der Waals surface area contributed by atoms with Crippen LogP contribution >= 0.6 is 0 Å². The monoisotopic (exact) mass is 313 g/mol. The van der Waals surface area contributed by atoms with Crippen LogP contribution in [0, 0.1) is 0 Å². The molecule has 1 saturated heterocycles. The lowest BCUT2D eigenvalue weighted by Gasteiger charge is -2.29. The number of aliphatic hydroxyl groups excluding tert-OH is 1. The van der Waals surface area contributed by atoms with Gasteiger partial charge in [0.1, 0.15) is 0 Å². The summed E-state index contributed by atoms with van der Waals surface area (Å²) in [4.78, 5) is 14.6. The van der Waals surface area contributed by atoms with Gasteiger partial charge in [-0.25, -0.2) is 0 Å². The third kappa shape index (κ3) is 3.45. The Labute approximate surface area is 136 Å². The van der Waals surface area contributed by atoms with Gasteiger partial charge in [-0.3, -0.25) is 9.48 Å². The van der Waals surface area contributed by atoms with Gasteiger partial charge in [-0.15, -0.1) is 0 Å². The Morgan fingerprint density at radius 1 is 1.26 bits per heavy atom. The van der Waals surface area contributed by atoms with Crippen LogP contribution in [0.25, 0.3) is 0 Å². The van der Waals surface area contributed by atoms with Gasteiger partial charge < -0.3 is 10.0 Å². The molecule has 1 aromatic heterocycles. The van der Waals surface area contributed by atoms with E-state index < -0.39 is 0 Å². The molecule has 2 heterocycles. The normalized spacial score (nSPS) is 15.8. The van der Waals surface area contributed by atoms with Crippen molar-refractivity contribution < 1.29 is 9.90 Å². The predicted molar refractivity (Wildman–Crippen MR) is 88.3 cm³/mol. The number of carbonyl (C=O) groups excluding carboxylic acids is 1. The Morgan fingerprint density at radius 2 is 1.96 bits per heavy atom. The van der Waals surface area contributed by atoms with E-state index in [9.17, 15) is 9.90 Å². The molecule has 3 rings (SSSR count). The first-order chi connectivity index (χ1) is 11.2. The van der Waals surface area contributed by atoms with E-state index in [2.05, 4.69) is 24.2 Å². The average Bonchev–Trinajstić information content (AvgIpc) is 2.98. The molecule has 1 fully saturated rings. The summed E-state index contributed by atoms with van der Waals surface area (Å²) in [7, 11) is 0. The van der Waals surface area contributed by atoms with Gasteiger partial charge in [-0.1, -0.05) is 37.3 Å². The Kier molecular flexibility index (Phi) is 4.76. The van der Waals surface area contributed by atoms with Gasteiger partial charge in [0.05, 0.1) is 30.1 Å². The molecule has 0 atom stereocenters. The Morgan fingerprint density at radius 3 is 2.61 bits per heavy atom. The van der Waals surface area contributed by atoms with Gasteiger partial charge in [0, 0.05) is 13.1 Å². The first-order valence-corrected chi connectivity index (χ1v) is 8.25. The number of likely N-dealkylation sites (tertiary alicyclic amines) is 1. The highest BCUT2D eigenvalue weighted by molar-refractivity contribution is 5.95. The molecule has 23 heavy (non-hydrogen) atoms. The van der Waals surface area contributed by atoms with E-state index in [1.165, 1.54) is 5.56 Å². The van der Waals surface area contributed by atoms with Crippen LogP contribution in [0.1, 0.15) is 41.4 Å². The fraction of sp³-hybridized carbons (Fsp3) is 0.444. The molecule has 0 spiro atoms. The molecule has 1 N–H and O–H groups in total. The molecule has 5 heteroatoms. The molecule has 122 valence electrons. The third-order valence-corrected chi connectivity index (χ3v) is 4.44. The maximum absolute atomic E-state index is 12.7. The van der Waals surface area contributed by atoms with Crippen molar-refractivity contribution in [2.45, 2.75) is 38.8 Å². The van der Waals surface area contributed by atoms with E-state index in [1.807, 2.05) is 27.8 Å². The lowest BCUT2D eigenvalue weighted by Crippen LogP contribution is -2.40. The van der Waals surface area contributed by atoms with Gasteiger partial charge in [-0.05, 0) is 24.8 Å². The van der Waals surface area contributed by atoms with E-state index in [-0.39, 0.29) is 12.0 Å². The number of rotatable bonds is 4. The maximum atomic E-state index is 12.7. The minimum absolute atomic E-state index is 0.0352. The molecule has 0 bridgehead atoms. The van der Waals surface area contributed by atoms with Gasteiger partial charge in [0.25, 0.3) is 5.91 Å². The van der Waals surface area contributed by atoms with Crippen LogP contribution in [0.5, 0.6) is 0 Å². The minimum Gasteiger partial charge on any atom is -0.393 e. The van der Waals surface area contributed by atoms with Crippen LogP contribution in [-0.4, -0.2) is 44.9 Å². The van der Waals surface area contributed by atoms with Crippen LogP contribution in [0.2, 0.25) is 0 Å². The number of amides is 1. The number of hydrogen-bond acceptors (Lipinski definition) is 3. The summed E-state index contributed by atoms with van der Waals surface area (Å²) >= 11 is 0. The highest BCUT2D eigenvalue weighted by Gasteiger charge is 2.25. The number of piperidine rings is 1. The summed E-state index contributed by atoms with van der Waals surface area (Å²) < 4.78 is 1.92. The number of aromatic nitrogens is 2. The number of hydrogen-bond donors (Lipinski definition) is 1. The zero-order valence-corrected chi connectivity index (χ0v) is 13.5. The maximum Gasteiger partial charge on any atom is 0.257 e. The van der Waals surface area contributed by atoms with Crippen LogP contribution in [-0.2, 0) is 13.0 Å². The van der Waals surface area contributed by atoms with Crippen LogP contribution in [0.4, 0.5) is 0 Å². The van der Waals surface area contributed by atoms with E-state index >= 15 is 0 Å². The molecule has 1 aliphatic heterocycles. The number of carbonyl (C=O) groups is 1. The SMILES string of the molecule is CCc1c(C(=O)N2CCC(O)CC2)cnn1Cc1ccccc1. The second-order valence-corrected chi connectivity index (χ2v) is 6.03. The molecule has 0 unspecified atom stereocenters. The van der Waals surface area contributed by atoms with E-state index in [0.29, 0.717) is 38.0 Å². The molecular weight excluding hydrogens is 290 g/mol. The summed E-state index contributed by atoms with van der Waals surface area (Å²) in [6, 6.07) is 10.1. The van der Waals surface area contributed by atoms with Crippen LogP contribution < -0.4 is 0 Å². The van der Waals surface area contributed by atoms with Crippen molar-refractivity contribution in [2.75, 3.05) is 13.1 Å². The van der Waals surface area contributed by atoms with Gasteiger partial charge in [0.2, 0.25) is 0 Å². The van der Waals surface area contributed by atoms with Gasteiger partial charge in [0.15, 0.2) is 0 Å². The average molecular weight is 313 g/mol. The Bertz CT molecular complexity index is 658. The minimum atomic E-state index is -0.273. The van der Waals surface area contributed by atoms with Crippen molar-refractivity contribution in [1.29, 1.82) is 0 Å². The smallest absolute Gasteiger partial charge is 0.257 e. The zero-order chi connectivity index (χ0) is 16.2. The molecule has 1 amide bonds. The Hall–Kier alpha value is -2.14. The zero-order valence-electron chi connectivity index (χ0n) is 13.5. The largest absolute Gasteiger partial charge is 0.393 e. The first kappa shape index (κ1) is 15.7. The lowest BCUT2D eigenvalue weighted by molar-refractivity contribution is 0.0545. The van der Waals surface area contributed by atoms with Crippen molar-refractivity contribution >= 4 is 5.91 Å². The molecule has 0 radical (unpaired) electrons. The number of aliphatic hydroxyl groups is 1. The predicted octanol–water partition coefficient (Wildman–Crippen LogP) is 2.09. The van der Waals surface area contributed by atoms with Crippen molar-refractivity contribution in [3.63, 3.8) is 0 Å². The standard InChI is InChI=1S/C18H23N3O2/c1-2-17-16(18(23)20-10-8-15(22)9-11-20)12-19-21(17)13-14-6-4-3-5-7-14/h3-7,12,15,22H,2,8-11,13H2,1H3.